The zero-order valence-electron chi connectivity index (χ0n) is 17.5. The summed E-state index contributed by atoms with van der Waals surface area (Å²) in [5.74, 6) is 6.07. The number of anilines is 1. The van der Waals surface area contributed by atoms with Gasteiger partial charge in [0.25, 0.3) is 5.91 Å². The lowest BCUT2D eigenvalue weighted by Gasteiger charge is -2.36. The van der Waals surface area contributed by atoms with Crippen molar-refractivity contribution in [3.63, 3.8) is 0 Å². The molecule has 0 saturated carbocycles. The van der Waals surface area contributed by atoms with Crippen LogP contribution in [-0.2, 0) is 4.79 Å². The number of carbonyl (C=O) groups excluding carboxylic acids is 1. The lowest BCUT2D eigenvalue weighted by atomic mass is 10.0. The summed E-state index contributed by atoms with van der Waals surface area (Å²) >= 11 is 0. The van der Waals surface area contributed by atoms with Crippen LogP contribution in [0, 0.1) is 29.1 Å². The Balaban J connectivity index is 1.47. The van der Waals surface area contributed by atoms with Crippen molar-refractivity contribution in [3.8, 4) is 29.2 Å². The molecule has 1 aromatic carbocycles. The van der Waals surface area contributed by atoms with Crippen molar-refractivity contribution in [2.75, 3.05) is 31.6 Å². The number of likely N-dealkylation sites (tertiary alicyclic amines) is 1. The molecule has 2 saturated heterocycles. The molecule has 2 aliphatic heterocycles. The number of likely N-dealkylation sites (N-methyl/N-ethyl adjacent to an activating group) is 1. The van der Waals surface area contributed by atoms with Crippen LogP contribution in [0.1, 0.15) is 12.0 Å². The average Bonchev–Trinajstić information content (AvgIpc) is 3.05. The van der Waals surface area contributed by atoms with Gasteiger partial charge in [-0.15, -0.1) is 0 Å². The smallest absolute Gasteiger partial charge is 0.267 e. The molecule has 0 spiro atoms. The lowest BCUT2D eigenvalue weighted by molar-refractivity contribution is -0.137. The van der Waals surface area contributed by atoms with E-state index in [-0.39, 0.29) is 11.8 Å². The average molecular weight is 424 g/mol. The molecule has 1 N–H and O–H groups in total. The zero-order chi connectivity index (χ0) is 22.3. The maximum atomic E-state index is 12.1. The maximum Gasteiger partial charge on any atom is 0.267 e. The molecule has 0 aliphatic carbocycles. The SMILES string of the molecule is CN1CC[C@@](O)(C#Cc2cccc(-c3ccc4ncnc(N5CC(C#N)C5)c4n3)c2)C1=O. The van der Waals surface area contributed by atoms with Crippen molar-refractivity contribution in [2.45, 2.75) is 12.0 Å². The van der Waals surface area contributed by atoms with Gasteiger partial charge in [-0.1, -0.05) is 24.0 Å². The highest BCUT2D eigenvalue weighted by atomic mass is 16.3. The normalized spacial score (nSPS) is 20.6. The Hall–Kier alpha value is -4.01. The predicted octanol–water partition coefficient (Wildman–Crippen LogP) is 1.60. The third-order valence-corrected chi connectivity index (χ3v) is 5.91. The summed E-state index contributed by atoms with van der Waals surface area (Å²) in [4.78, 5) is 29.2. The van der Waals surface area contributed by atoms with E-state index in [4.69, 9.17) is 10.2 Å². The lowest BCUT2D eigenvalue weighted by Crippen LogP contribution is -2.46. The second-order valence-corrected chi connectivity index (χ2v) is 8.16. The molecule has 8 heteroatoms. The van der Waals surface area contributed by atoms with Gasteiger partial charge < -0.3 is 14.9 Å². The quantitative estimate of drug-likeness (QED) is 0.623. The van der Waals surface area contributed by atoms with Crippen molar-refractivity contribution >= 4 is 22.8 Å². The van der Waals surface area contributed by atoms with Crippen LogP contribution in [0.2, 0.25) is 0 Å². The van der Waals surface area contributed by atoms with Crippen LogP contribution in [-0.4, -0.2) is 63.1 Å². The molecular formula is C24H20N6O2. The highest BCUT2D eigenvalue weighted by Crippen LogP contribution is 2.29. The number of nitriles is 1. The topological polar surface area (TPSA) is 106 Å². The van der Waals surface area contributed by atoms with Crippen LogP contribution in [0.5, 0.6) is 0 Å². The van der Waals surface area contributed by atoms with Gasteiger partial charge >= 0.3 is 0 Å². The number of aliphatic hydroxyl groups is 1. The van der Waals surface area contributed by atoms with E-state index >= 15 is 0 Å². The summed E-state index contributed by atoms with van der Waals surface area (Å²) < 4.78 is 0. The molecule has 8 nitrogen and oxygen atoms in total. The van der Waals surface area contributed by atoms with Crippen LogP contribution < -0.4 is 4.90 Å². The number of rotatable bonds is 2. The van der Waals surface area contributed by atoms with E-state index in [0.29, 0.717) is 37.1 Å². The summed E-state index contributed by atoms with van der Waals surface area (Å²) in [5, 5.41) is 19.6. The molecule has 5 rings (SSSR count). The van der Waals surface area contributed by atoms with E-state index in [1.165, 1.54) is 11.2 Å². The Bertz CT molecular complexity index is 1330. The standard InChI is InChI=1S/C24H20N6O2/c1-29-10-9-24(32,23(29)31)8-7-16-3-2-4-18(11-16)19-5-6-20-21(28-19)22(27-15-26-20)30-13-17(12-25)14-30/h2-6,11,15,17,32H,9-10,13-14H2,1H3/t24-/m0/s1. The number of hydrogen-bond acceptors (Lipinski definition) is 7. The molecule has 2 aromatic heterocycles. The van der Waals surface area contributed by atoms with Crippen molar-refractivity contribution in [1.82, 2.24) is 19.9 Å². The maximum absolute atomic E-state index is 12.1. The number of benzene rings is 1. The van der Waals surface area contributed by atoms with Crippen LogP contribution in [0.15, 0.2) is 42.7 Å². The number of amides is 1. The first-order valence-electron chi connectivity index (χ1n) is 10.3. The monoisotopic (exact) mass is 424 g/mol. The van der Waals surface area contributed by atoms with Crippen LogP contribution in [0.4, 0.5) is 5.82 Å². The van der Waals surface area contributed by atoms with Gasteiger partial charge in [-0.25, -0.2) is 15.0 Å². The van der Waals surface area contributed by atoms with Gasteiger partial charge in [0, 0.05) is 44.2 Å². The van der Waals surface area contributed by atoms with Crippen molar-refractivity contribution in [2.24, 2.45) is 5.92 Å². The highest BCUT2D eigenvalue weighted by Gasteiger charge is 2.42. The molecule has 3 aromatic rings. The van der Waals surface area contributed by atoms with Gasteiger partial charge in [-0.05, 0) is 24.3 Å². The van der Waals surface area contributed by atoms with Gasteiger partial charge in [0.15, 0.2) is 5.82 Å². The second-order valence-electron chi connectivity index (χ2n) is 8.16. The number of pyridine rings is 1. The summed E-state index contributed by atoms with van der Waals surface area (Å²) in [6.45, 7) is 1.76. The van der Waals surface area contributed by atoms with Gasteiger partial charge in [-0.2, -0.15) is 5.26 Å². The van der Waals surface area contributed by atoms with Gasteiger partial charge in [0.1, 0.15) is 11.8 Å². The molecule has 32 heavy (non-hydrogen) atoms. The molecule has 158 valence electrons. The molecule has 2 fully saturated rings. The Morgan fingerprint density at radius 3 is 2.81 bits per heavy atom. The predicted molar refractivity (Wildman–Crippen MR) is 118 cm³/mol. The van der Waals surface area contributed by atoms with E-state index in [1.54, 1.807) is 7.05 Å². The first kappa shape index (κ1) is 19.9. The summed E-state index contributed by atoms with van der Waals surface area (Å²) in [7, 11) is 1.66. The fourth-order valence-corrected chi connectivity index (χ4v) is 3.95. The number of hydrogen-bond donors (Lipinski definition) is 1. The minimum atomic E-state index is -1.63. The van der Waals surface area contributed by atoms with E-state index in [2.05, 4.69) is 27.9 Å². The zero-order valence-corrected chi connectivity index (χ0v) is 17.5. The molecular weight excluding hydrogens is 404 g/mol. The molecule has 2 aliphatic rings. The number of aromatic nitrogens is 3. The third-order valence-electron chi connectivity index (χ3n) is 5.91. The molecule has 0 bridgehead atoms. The molecule has 1 atom stereocenters. The number of fused-ring (bicyclic) bond motifs is 1. The fraction of sp³-hybridized carbons (Fsp3) is 0.292. The van der Waals surface area contributed by atoms with E-state index < -0.39 is 5.60 Å². The first-order chi connectivity index (χ1) is 15.5. The Morgan fingerprint density at radius 1 is 1.22 bits per heavy atom. The summed E-state index contributed by atoms with van der Waals surface area (Å²) in [6, 6.07) is 13.6. The fourth-order valence-electron chi connectivity index (χ4n) is 3.95. The van der Waals surface area contributed by atoms with E-state index in [1.807, 2.05) is 41.3 Å². The Labute approximate surface area is 185 Å². The third kappa shape index (κ3) is 3.41. The summed E-state index contributed by atoms with van der Waals surface area (Å²) in [5.41, 5.74) is 2.08. The molecule has 4 heterocycles. The van der Waals surface area contributed by atoms with Crippen LogP contribution in [0.25, 0.3) is 22.3 Å². The molecule has 0 unspecified atom stereocenters. The molecule has 1 amide bonds. The van der Waals surface area contributed by atoms with Gasteiger partial charge in [0.05, 0.1) is 23.2 Å². The Kier molecular flexibility index (Phi) is 4.73. The summed E-state index contributed by atoms with van der Waals surface area (Å²) in [6.07, 6.45) is 1.81. The minimum absolute atomic E-state index is 0.0137. The minimum Gasteiger partial charge on any atom is -0.369 e. The highest BCUT2D eigenvalue weighted by molar-refractivity contribution is 5.90. The number of carbonyl (C=O) groups is 1. The van der Waals surface area contributed by atoms with Crippen LogP contribution in [0.3, 0.4) is 0 Å². The van der Waals surface area contributed by atoms with E-state index in [9.17, 15) is 9.90 Å². The van der Waals surface area contributed by atoms with Crippen molar-refractivity contribution < 1.29 is 9.90 Å². The number of nitrogens with zero attached hydrogens (tertiary/aromatic N) is 6. The molecule has 0 radical (unpaired) electrons. The van der Waals surface area contributed by atoms with E-state index in [0.717, 1.165) is 22.6 Å². The van der Waals surface area contributed by atoms with Gasteiger partial charge in [-0.3, -0.25) is 4.79 Å². The largest absolute Gasteiger partial charge is 0.369 e. The first-order valence-corrected chi connectivity index (χ1v) is 10.3. The van der Waals surface area contributed by atoms with Crippen LogP contribution >= 0.6 is 0 Å². The Morgan fingerprint density at radius 2 is 2.06 bits per heavy atom. The van der Waals surface area contributed by atoms with Crippen molar-refractivity contribution in [1.29, 1.82) is 5.26 Å². The van der Waals surface area contributed by atoms with Crippen molar-refractivity contribution in [3.05, 3.63) is 48.3 Å². The van der Waals surface area contributed by atoms with Gasteiger partial charge in [0.2, 0.25) is 5.60 Å². The second kappa shape index (κ2) is 7.60.